The molecule has 0 aliphatic carbocycles. The molecule has 4 heteroatoms. The lowest BCUT2D eigenvalue weighted by Gasteiger charge is -2.11. The van der Waals surface area contributed by atoms with E-state index in [9.17, 15) is 0 Å². The summed E-state index contributed by atoms with van der Waals surface area (Å²) >= 11 is 0. The van der Waals surface area contributed by atoms with Gasteiger partial charge in [-0.25, -0.2) is 4.98 Å². The lowest BCUT2D eigenvalue weighted by Crippen LogP contribution is -1.99. The molecule has 0 unspecified atom stereocenters. The standard InChI is InChI=1S/C45H26N4/c1-2-13-28(14-3-1)47-37-19-9-6-16-30(37)34-25-41(46-26-40(34)47)49-43-29-15-5-4-12-27(29)22-23-32(43)36-24-35-31-17-7-10-20-38(31)48-39-21-11-8-18-33(39)42(44(35)48)45(36)49/h1-26H. The van der Waals surface area contributed by atoms with Gasteiger partial charge in [0.2, 0.25) is 0 Å². The van der Waals surface area contributed by atoms with E-state index in [1.807, 2.05) is 0 Å². The molecule has 12 aromatic rings. The maximum atomic E-state index is 5.34. The smallest absolute Gasteiger partial charge is 0.138 e. The number of para-hydroxylation sites is 4. The Kier molecular flexibility index (Phi) is 4.69. The molecule has 0 saturated carbocycles. The van der Waals surface area contributed by atoms with E-state index in [4.69, 9.17) is 4.98 Å². The summed E-state index contributed by atoms with van der Waals surface area (Å²) in [6.45, 7) is 0. The third-order valence-electron chi connectivity index (χ3n) is 10.8. The molecule has 0 aliphatic heterocycles. The monoisotopic (exact) mass is 622 g/mol. The van der Waals surface area contributed by atoms with Gasteiger partial charge in [-0.2, -0.15) is 0 Å². The highest BCUT2D eigenvalue weighted by molar-refractivity contribution is 6.35. The molecule has 0 radical (unpaired) electrons. The van der Waals surface area contributed by atoms with E-state index in [0.717, 1.165) is 17.0 Å². The van der Waals surface area contributed by atoms with E-state index in [1.165, 1.54) is 87.0 Å². The van der Waals surface area contributed by atoms with Gasteiger partial charge in [-0.3, -0.25) is 4.57 Å². The maximum Gasteiger partial charge on any atom is 0.138 e. The second-order valence-electron chi connectivity index (χ2n) is 13.2. The van der Waals surface area contributed by atoms with Crippen molar-refractivity contribution in [1.82, 2.24) is 18.5 Å². The van der Waals surface area contributed by atoms with Crippen molar-refractivity contribution in [2.45, 2.75) is 0 Å². The topological polar surface area (TPSA) is 27.2 Å². The van der Waals surface area contributed by atoms with Crippen LogP contribution in [0.5, 0.6) is 0 Å². The highest BCUT2D eigenvalue weighted by atomic mass is 15.1. The first-order chi connectivity index (χ1) is 24.3. The number of fused-ring (bicyclic) bond motifs is 15. The lowest BCUT2D eigenvalue weighted by molar-refractivity contribution is 1.09. The van der Waals surface area contributed by atoms with Gasteiger partial charge in [-0.1, -0.05) is 109 Å². The summed E-state index contributed by atoms with van der Waals surface area (Å²) in [7, 11) is 0. The average molecular weight is 623 g/mol. The summed E-state index contributed by atoms with van der Waals surface area (Å²) in [6, 6.07) is 55.1. The molecule has 0 amide bonds. The Bertz CT molecular complexity index is 3320. The highest BCUT2D eigenvalue weighted by Crippen LogP contribution is 2.47. The molecule has 0 bridgehead atoms. The van der Waals surface area contributed by atoms with E-state index >= 15 is 0 Å². The van der Waals surface area contributed by atoms with Crippen molar-refractivity contribution in [1.29, 1.82) is 0 Å². The van der Waals surface area contributed by atoms with Gasteiger partial charge >= 0.3 is 0 Å². The van der Waals surface area contributed by atoms with E-state index in [-0.39, 0.29) is 0 Å². The number of aromatic nitrogens is 4. The van der Waals surface area contributed by atoms with Crippen LogP contribution in [0.2, 0.25) is 0 Å². The van der Waals surface area contributed by atoms with Crippen LogP contribution in [-0.4, -0.2) is 18.5 Å². The number of benzene rings is 7. The van der Waals surface area contributed by atoms with Crippen molar-refractivity contribution < 1.29 is 0 Å². The quantitative estimate of drug-likeness (QED) is 0.188. The molecule has 0 N–H and O–H groups in total. The largest absolute Gasteiger partial charge is 0.308 e. The SMILES string of the molecule is c1ccc(-n2c3ccccc3c3cc(-n4c5c6ccccc6ccc5c5cc6c7ccccc7n7c8ccccc8c(c54)c67)ncc32)cc1. The number of hydrogen-bond donors (Lipinski definition) is 0. The molecule has 0 saturated heterocycles. The minimum Gasteiger partial charge on any atom is -0.308 e. The number of nitrogens with zero attached hydrogens (tertiary/aromatic N) is 4. The van der Waals surface area contributed by atoms with E-state index < -0.39 is 0 Å². The predicted octanol–water partition coefficient (Wildman–Crippen LogP) is 11.6. The van der Waals surface area contributed by atoms with Gasteiger partial charge in [0.1, 0.15) is 5.82 Å². The molecule has 0 spiro atoms. The van der Waals surface area contributed by atoms with Gasteiger partial charge in [0.05, 0.1) is 44.8 Å². The van der Waals surface area contributed by atoms with Crippen LogP contribution in [0.25, 0.3) is 104 Å². The molecule has 226 valence electrons. The fourth-order valence-electron chi connectivity index (χ4n) is 8.83. The molecular weight excluding hydrogens is 597 g/mol. The van der Waals surface area contributed by atoms with Crippen molar-refractivity contribution in [2.75, 3.05) is 0 Å². The van der Waals surface area contributed by atoms with E-state index in [1.54, 1.807) is 0 Å². The zero-order valence-corrected chi connectivity index (χ0v) is 26.3. The normalized spacial score (nSPS) is 12.5. The lowest BCUT2D eigenvalue weighted by atomic mass is 10.0. The zero-order chi connectivity index (χ0) is 31.8. The van der Waals surface area contributed by atoms with Crippen molar-refractivity contribution in [3.8, 4) is 11.5 Å². The molecule has 0 fully saturated rings. The van der Waals surface area contributed by atoms with Gasteiger partial charge < -0.3 is 8.97 Å². The van der Waals surface area contributed by atoms with Gasteiger partial charge in [0, 0.05) is 54.2 Å². The van der Waals surface area contributed by atoms with Crippen LogP contribution in [0.4, 0.5) is 0 Å². The third-order valence-corrected chi connectivity index (χ3v) is 10.8. The summed E-state index contributed by atoms with van der Waals surface area (Å²) in [6.07, 6.45) is 2.07. The van der Waals surface area contributed by atoms with E-state index in [2.05, 4.69) is 171 Å². The number of pyridine rings is 1. The first kappa shape index (κ1) is 25.4. The molecule has 12 rings (SSSR count). The minimum atomic E-state index is 0.919. The van der Waals surface area contributed by atoms with Gasteiger partial charge in [-0.15, -0.1) is 0 Å². The Labute approximate surface area is 279 Å². The van der Waals surface area contributed by atoms with Crippen LogP contribution in [0.1, 0.15) is 0 Å². The van der Waals surface area contributed by atoms with Crippen LogP contribution >= 0.6 is 0 Å². The van der Waals surface area contributed by atoms with Crippen LogP contribution in [0.15, 0.2) is 158 Å². The summed E-state index contributed by atoms with van der Waals surface area (Å²) in [5.74, 6) is 0.919. The Morgan fingerprint density at radius 1 is 0.367 bits per heavy atom. The Balaban J connectivity index is 1.32. The summed E-state index contributed by atoms with van der Waals surface area (Å²) in [5, 5.41) is 12.4. The van der Waals surface area contributed by atoms with E-state index in [0.29, 0.717) is 0 Å². The first-order valence-corrected chi connectivity index (χ1v) is 16.8. The van der Waals surface area contributed by atoms with Crippen molar-refractivity contribution in [3.63, 3.8) is 0 Å². The van der Waals surface area contributed by atoms with Gasteiger partial charge in [0.15, 0.2) is 0 Å². The summed E-state index contributed by atoms with van der Waals surface area (Å²) in [5.41, 5.74) is 9.53. The highest BCUT2D eigenvalue weighted by Gasteiger charge is 2.26. The maximum absolute atomic E-state index is 5.34. The minimum absolute atomic E-state index is 0.919. The fraction of sp³-hybridized carbons (Fsp3) is 0. The van der Waals surface area contributed by atoms with Gasteiger partial charge in [0.25, 0.3) is 0 Å². The second-order valence-corrected chi connectivity index (χ2v) is 13.2. The van der Waals surface area contributed by atoms with Crippen LogP contribution in [0, 0.1) is 0 Å². The summed E-state index contributed by atoms with van der Waals surface area (Å²) in [4.78, 5) is 5.34. The zero-order valence-electron chi connectivity index (χ0n) is 26.3. The second kappa shape index (κ2) is 9.03. The molecule has 49 heavy (non-hydrogen) atoms. The predicted molar refractivity (Wildman–Crippen MR) is 205 cm³/mol. The Morgan fingerprint density at radius 2 is 1.00 bits per heavy atom. The Morgan fingerprint density at radius 3 is 1.82 bits per heavy atom. The fourth-order valence-corrected chi connectivity index (χ4v) is 8.83. The van der Waals surface area contributed by atoms with Crippen LogP contribution < -0.4 is 0 Å². The summed E-state index contributed by atoms with van der Waals surface area (Å²) < 4.78 is 7.26. The Hall–Kier alpha value is -6.65. The van der Waals surface area contributed by atoms with Crippen LogP contribution in [0.3, 0.4) is 0 Å². The molecule has 0 atom stereocenters. The third kappa shape index (κ3) is 3.12. The molecule has 4 nitrogen and oxygen atoms in total. The molecule has 5 aromatic heterocycles. The average Bonchev–Trinajstić information content (AvgIpc) is 3.89. The molecule has 5 heterocycles. The molecule has 7 aromatic carbocycles. The van der Waals surface area contributed by atoms with Gasteiger partial charge in [-0.05, 0) is 47.9 Å². The van der Waals surface area contributed by atoms with Crippen molar-refractivity contribution in [2.24, 2.45) is 0 Å². The number of hydrogen-bond acceptors (Lipinski definition) is 1. The first-order valence-electron chi connectivity index (χ1n) is 16.8. The van der Waals surface area contributed by atoms with Crippen molar-refractivity contribution in [3.05, 3.63) is 158 Å². The van der Waals surface area contributed by atoms with Crippen LogP contribution in [-0.2, 0) is 0 Å². The molecule has 0 aliphatic rings. The number of rotatable bonds is 2. The van der Waals surface area contributed by atoms with Crippen molar-refractivity contribution >= 4 is 92.5 Å². The molecular formula is C45H26N4.